The van der Waals surface area contributed by atoms with Gasteiger partial charge in [-0.25, -0.2) is 4.98 Å². The van der Waals surface area contributed by atoms with Crippen molar-refractivity contribution in [2.45, 2.75) is 38.1 Å². The third-order valence-electron chi connectivity index (χ3n) is 3.32. The van der Waals surface area contributed by atoms with Gasteiger partial charge in [0.05, 0.1) is 12.8 Å². The molecule has 0 spiro atoms. The van der Waals surface area contributed by atoms with Gasteiger partial charge in [0.25, 0.3) is 0 Å². The molecule has 1 aliphatic rings. The van der Waals surface area contributed by atoms with Gasteiger partial charge >= 0.3 is 0 Å². The Morgan fingerprint density at radius 3 is 2.67 bits per heavy atom. The maximum absolute atomic E-state index is 9.23. The zero-order chi connectivity index (χ0) is 13.0. The second kappa shape index (κ2) is 6.55. The van der Waals surface area contributed by atoms with Crippen molar-refractivity contribution in [3.63, 3.8) is 0 Å². The highest BCUT2D eigenvalue weighted by molar-refractivity contribution is 6.33. The van der Waals surface area contributed by atoms with Crippen LogP contribution in [0.4, 0.5) is 5.82 Å². The topological polar surface area (TPSA) is 49.2 Å². The molecule has 1 heterocycles. The minimum absolute atomic E-state index is 0.0778. The molecule has 1 saturated carbocycles. The number of rotatable bonds is 4. The monoisotopic (exact) mass is 289 g/mol. The van der Waals surface area contributed by atoms with E-state index in [-0.39, 0.29) is 11.9 Å². The fourth-order valence-electron chi connectivity index (χ4n) is 2.50. The lowest BCUT2D eigenvalue weighted by Gasteiger charge is -2.35. The summed E-state index contributed by atoms with van der Waals surface area (Å²) in [5, 5.41) is 9.90. The van der Waals surface area contributed by atoms with Gasteiger partial charge in [0.15, 0.2) is 5.82 Å². The van der Waals surface area contributed by atoms with Crippen LogP contribution in [0.5, 0.6) is 0 Å². The number of aliphatic hydroxyl groups is 1. The molecule has 1 aliphatic carbocycles. The fraction of sp³-hybridized carbons (Fsp3) is 0.667. The van der Waals surface area contributed by atoms with Crippen LogP contribution in [0.2, 0.25) is 10.3 Å². The Morgan fingerprint density at radius 2 is 2.00 bits per heavy atom. The van der Waals surface area contributed by atoms with Crippen molar-refractivity contribution in [2.24, 2.45) is 0 Å². The van der Waals surface area contributed by atoms with Crippen molar-refractivity contribution in [3.8, 4) is 0 Å². The Hall–Kier alpha value is -0.580. The molecule has 1 fully saturated rings. The average Bonchev–Trinajstić information content (AvgIpc) is 2.40. The molecule has 1 N–H and O–H groups in total. The van der Waals surface area contributed by atoms with Crippen molar-refractivity contribution in [1.29, 1.82) is 0 Å². The van der Waals surface area contributed by atoms with Gasteiger partial charge in [-0.1, -0.05) is 30.9 Å². The van der Waals surface area contributed by atoms with E-state index in [0.717, 1.165) is 12.8 Å². The van der Waals surface area contributed by atoms with Gasteiger partial charge in [-0.3, -0.25) is 0 Å². The lowest BCUT2D eigenvalue weighted by molar-refractivity contribution is 0.289. The number of nitrogens with zero attached hydrogens (tertiary/aromatic N) is 3. The molecule has 0 radical (unpaired) electrons. The van der Waals surface area contributed by atoms with Crippen LogP contribution in [0.25, 0.3) is 0 Å². The summed E-state index contributed by atoms with van der Waals surface area (Å²) in [4.78, 5) is 10.1. The molecule has 0 aliphatic heterocycles. The first-order valence-electron chi connectivity index (χ1n) is 6.28. The predicted octanol–water partition coefficient (Wildman–Crippen LogP) is 2.91. The molecule has 1 aromatic heterocycles. The predicted molar refractivity (Wildman–Crippen MR) is 73.4 cm³/mol. The quantitative estimate of drug-likeness (QED) is 0.866. The molecule has 0 aromatic carbocycles. The molecule has 100 valence electrons. The number of hydrogen-bond acceptors (Lipinski definition) is 4. The molecular weight excluding hydrogens is 273 g/mol. The van der Waals surface area contributed by atoms with Crippen LogP contribution in [0.1, 0.15) is 32.1 Å². The van der Waals surface area contributed by atoms with Gasteiger partial charge in [0.2, 0.25) is 5.28 Å². The Balaban J connectivity index is 2.24. The molecule has 0 amide bonds. The number of anilines is 1. The smallest absolute Gasteiger partial charge is 0.224 e. The van der Waals surface area contributed by atoms with Gasteiger partial charge in [-0.15, -0.1) is 0 Å². The van der Waals surface area contributed by atoms with Crippen LogP contribution < -0.4 is 4.90 Å². The third-order valence-corrected chi connectivity index (χ3v) is 3.77. The molecule has 0 bridgehead atoms. The third kappa shape index (κ3) is 3.25. The van der Waals surface area contributed by atoms with Gasteiger partial charge in [0.1, 0.15) is 5.02 Å². The van der Waals surface area contributed by atoms with Crippen molar-refractivity contribution in [1.82, 2.24) is 9.97 Å². The van der Waals surface area contributed by atoms with Crippen LogP contribution in [-0.2, 0) is 0 Å². The normalized spacial score (nSPS) is 16.8. The van der Waals surface area contributed by atoms with Crippen LogP contribution in [-0.4, -0.2) is 34.3 Å². The van der Waals surface area contributed by atoms with E-state index < -0.39 is 0 Å². The van der Waals surface area contributed by atoms with E-state index in [9.17, 15) is 5.11 Å². The van der Waals surface area contributed by atoms with Crippen molar-refractivity contribution >= 4 is 29.0 Å². The number of aliphatic hydroxyl groups excluding tert-OH is 1. The highest BCUT2D eigenvalue weighted by atomic mass is 35.5. The van der Waals surface area contributed by atoms with Crippen LogP contribution >= 0.6 is 23.2 Å². The summed E-state index contributed by atoms with van der Waals surface area (Å²) in [6.45, 7) is 0.603. The number of halogens is 2. The second-order valence-corrected chi connectivity index (χ2v) is 5.26. The van der Waals surface area contributed by atoms with Crippen molar-refractivity contribution in [3.05, 3.63) is 16.5 Å². The van der Waals surface area contributed by atoms with Gasteiger partial charge in [0, 0.05) is 12.6 Å². The van der Waals surface area contributed by atoms with Crippen LogP contribution in [0.15, 0.2) is 6.20 Å². The van der Waals surface area contributed by atoms with Gasteiger partial charge in [-0.2, -0.15) is 4.98 Å². The van der Waals surface area contributed by atoms with Crippen LogP contribution in [0.3, 0.4) is 0 Å². The summed E-state index contributed by atoms with van der Waals surface area (Å²) in [5.74, 6) is 0.637. The first-order valence-corrected chi connectivity index (χ1v) is 7.03. The van der Waals surface area contributed by atoms with Crippen LogP contribution in [0, 0.1) is 0 Å². The largest absolute Gasteiger partial charge is 0.395 e. The zero-order valence-electron chi connectivity index (χ0n) is 10.1. The van der Waals surface area contributed by atoms with E-state index >= 15 is 0 Å². The van der Waals surface area contributed by atoms with E-state index in [4.69, 9.17) is 23.2 Å². The standard InChI is InChI=1S/C12H17Cl2N3O/c13-10-8-15-12(14)16-11(10)17(6-7-18)9-4-2-1-3-5-9/h8-9,18H,1-7H2. The average molecular weight is 290 g/mol. The Labute approximate surface area is 117 Å². The minimum atomic E-state index is 0.0778. The lowest BCUT2D eigenvalue weighted by Crippen LogP contribution is -2.39. The minimum Gasteiger partial charge on any atom is -0.395 e. The summed E-state index contributed by atoms with van der Waals surface area (Å²) in [7, 11) is 0. The second-order valence-electron chi connectivity index (χ2n) is 4.52. The van der Waals surface area contributed by atoms with E-state index in [0.29, 0.717) is 23.4 Å². The van der Waals surface area contributed by atoms with E-state index in [1.807, 2.05) is 0 Å². The maximum atomic E-state index is 9.23. The summed E-state index contributed by atoms with van der Waals surface area (Å²) >= 11 is 12.0. The van der Waals surface area contributed by atoms with Crippen molar-refractivity contribution < 1.29 is 5.11 Å². The Morgan fingerprint density at radius 1 is 1.28 bits per heavy atom. The van der Waals surface area contributed by atoms with Gasteiger partial charge in [-0.05, 0) is 24.4 Å². The summed E-state index contributed by atoms with van der Waals surface area (Å²) in [6, 6.07) is 0.384. The summed E-state index contributed by atoms with van der Waals surface area (Å²) < 4.78 is 0. The first-order chi connectivity index (χ1) is 8.72. The van der Waals surface area contributed by atoms with E-state index in [2.05, 4.69) is 14.9 Å². The lowest BCUT2D eigenvalue weighted by atomic mass is 9.94. The zero-order valence-corrected chi connectivity index (χ0v) is 11.7. The maximum Gasteiger partial charge on any atom is 0.224 e. The molecule has 4 nitrogen and oxygen atoms in total. The SMILES string of the molecule is OCCN(c1nc(Cl)ncc1Cl)C1CCCCC1. The van der Waals surface area contributed by atoms with Crippen molar-refractivity contribution in [2.75, 3.05) is 18.1 Å². The number of aromatic nitrogens is 2. The summed E-state index contributed by atoms with van der Waals surface area (Å²) in [5.41, 5.74) is 0. The van der Waals surface area contributed by atoms with Gasteiger partial charge < -0.3 is 10.0 Å². The number of hydrogen-bond donors (Lipinski definition) is 1. The molecule has 6 heteroatoms. The first kappa shape index (κ1) is 13.8. The molecule has 0 unspecified atom stereocenters. The summed E-state index contributed by atoms with van der Waals surface area (Å²) in [6.07, 6.45) is 7.43. The molecular formula is C12H17Cl2N3O. The molecule has 1 aromatic rings. The molecule has 2 rings (SSSR count). The molecule has 18 heavy (non-hydrogen) atoms. The Bertz CT molecular complexity index is 397. The van der Waals surface area contributed by atoms with E-state index in [1.165, 1.54) is 25.5 Å². The fourth-order valence-corrected chi connectivity index (χ4v) is 2.83. The Kier molecular flexibility index (Phi) is 5.03. The van der Waals surface area contributed by atoms with E-state index in [1.54, 1.807) is 0 Å². The highest BCUT2D eigenvalue weighted by Crippen LogP contribution is 2.30. The molecule has 0 saturated heterocycles. The highest BCUT2D eigenvalue weighted by Gasteiger charge is 2.24. The molecule has 0 atom stereocenters.